The zero-order valence-electron chi connectivity index (χ0n) is 14.8. The normalized spacial score (nSPS) is 11.0. The number of carbonyl (C=O) groups is 2. The SMILES string of the molecule is CC(C)(C)C(=O)Nc1cccc(NCC(=O)Nc2cc(Cl)ccc2Cl)c1. The summed E-state index contributed by atoms with van der Waals surface area (Å²) in [6.07, 6.45) is 0. The molecule has 2 aromatic rings. The largest absolute Gasteiger partial charge is 0.376 e. The molecule has 5 nitrogen and oxygen atoms in total. The van der Waals surface area contributed by atoms with Gasteiger partial charge in [-0.15, -0.1) is 0 Å². The molecular weight excluding hydrogens is 373 g/mol. The molecule has 0 aliphatic heterocycles. The van der Waals surface area contributed by atoms with Crippen molar-refractivity contribution in [1.29, 1.82) is 0 Å². The van der Waals surface area contributed by atoms with Crippen LogP contribution in [-0.4, -0.2) is 18.4 Å². The lowest BCUT2D eigenvalue weighted by molar-refractivity contribution is -0.123. The number of rotatable bonds is 5. The van der Waals surface area contributed by atoms with Gasteiger partial charge in [-0.05, 0) is 36.4 Å². The Labute approximate surface area is 163 Å². The molecule has 3 N–H and O–H groups in total. The quantitative estimate of drug-likeness (QED) is 0.666. The highest BCUT2D eigenvalue weighted by molar-refractivity contribution is 6.35. The van der Waals surface area contributed by atoms with E-state index < -0.39 is 5.41 Å². The molecule has 2 amide bonds. The van der Waals surface area contributed by atoms with Crippen molar-refractivity contribution in [2.75, 3.05) is 22.5 Å². The van der Waals surface area contributed by atoms with Gasteiger partial charge >= 0.3 is 0 Å². The summed E-state index contributed by atoms with van der Waals surface area (Å²) in [6, 6.07) is 12.0. The van der Waals surface area contributed by atoms with Crippen molar-refractivity contribution in [2.45, 2.75) is 20.8 Å². The summed E-state index contributed by atoms with van der Waals surface area (Å²) in [5, 5.41) is 9.46. The first-order valence-corrected chi connectivity index (χ1v) is 8.81. The molecule has 0 spiro atoms. The second-order valence-electron chi connectivity index (χ2n) is 6.81. The summed E-state index contributed by atoms with van der Waals surface area (Å²) >= 11 is 11.9. The third-order valence-electron chi connectivity index (χ3n) is 3.46. The van der Waals surface area contributed by atoms with Crippen LogP contribution in [0.1, 0.15) is 20.8 Å². The van der Waals surface area contributed by atoms with Crippen LogP contribution in [0.5, 0.6) is 0 Å². The molecule has 138 valence electrons. The lowest BCUT2D eigenvalue weighted by Gasteiger charge is -2.18. The van der Waals surface area contributed by atoms with E-state index in [1.165, 1.54) is 0 Å². The van der Waals surface area contributed by atoms with Gasteiger partial charge in [0.2, 0.25) is 11.8 Å². The summed E-state index contributed by atoms with van der Waals surface area (Å²) in [4.78, 5) is 24.2. The van der Waals surface area contributed by atoms with E-state index in [9.17, 15) is 9.59 Å². The molecule has 7 heteroatoms. The van der Waals surface area contributed by atoms with Crippen LogP contribution in [0, 0.1) is 5.41 Å². The van der Waals surface area contributed by atoms with E-state index in [0.29, 0.717) is 27.1 Å². The molecule has 0 saturated heterocycles. The van der Waals surface area contributed by atoms with Crippen LogP contribution in [0.25, 0.3) is 0 Å². The van der Waals surface area contributed by atoms with Crippen molar-refractivity contribution in [1.82, 2.24) is 0 Å². The number of nitrogens with one attached hydrogen (secondary N) is 3. The number of hydrogen-bond donors (Lipinski definition) is 3. The Kier molecular flexibility index (Phi) is 6.51. The lowest BCUT2D eigenvalue weighted by atomic mass is 9.95. The first-order chi connectivity index (χ1) is 12.1. The smallest absolute Gasteiger partial charge is 0.243 e. The van der Waals surface area contributed by atoms with E-state index in [1.807, 2.05) is 26.8 Å². The molecule has 2 aromatic carbocycles. The molecule has 2 rings (SSSR count). The predicted molar refractivity (Wildman–Crippen MR) is 108 cm³/mol. The molecule has 0 saturated carbocycles. The molecule has 0 aliphatic carbocycles. The third-order valence-corrected chi connectivity index (χ3v) is 4.02. The van der Waals surface area contributed by atoms with Gasteiger partial charge in [0, 0.05) is 21.8 Å². The Morgan fingerprint density at radius 3 is 2.35 bits per heavy atom. The van der Waals surface area contributed by atoms with Crippen molar-refractivity contribution >= 4 is 52.1 Å². The molecule has 0 radical (unpaired) electrons. The molecular formula is C19H21Cl2N3O2. The Bertz CT molecular complexity index is 817. The second-order valence-corrected chi connectivity index (χ2v) is 7.65. The summed E-state index contributed by atoms with van der Waals surface area (Å²) in [6.45, 7) is 5.57. The topological polar surface area (TPSA) is 70.2 Å². The Hall–Kier alpha value is -2.24. The monoisotopic (exact) mass is 393 g/mol. The number of benzene rings is 2. The summed E-state index contributed by atoms with van der Waals surface area (Å²) in [5.74, 6) is -0.346. The highest BCUT2D eigenvalue weighted by Crippen LogP contribution is 2.25. The molecule has 0 bridgehead atoms. The highest BCUT2D eigenvalue weighted by atomic mass is 35.5. The van der Waals surface area contributed by atoms with Gasteiger partial charge in [-0.1, -0.05) is 50.0 Å². The molecule has 0 aliphatic rings. The van der Waals surface area contributed by atoms with Crippen molar-refractivity contribution in [3.8, 4) is 0 Å². The van der Waals surface area contributed by atoms with E-state index in [0.717, 1.165) is 0 Å². The fourth-order valence-electron chi connectivity index (χ4n) is 2.00. The van der Waals surface area contributed by atoms with Gasteiger partial charge in [-0.3, -0.25) is 9.59 Å². The Morgan fingerprint density at radius 1 is 0.962 bits per heavy atom. The Morgan fingerprint density at radius 2 is 1.65 bits per heavy atom. The van der Waals surface area contributed by atoms with Crippen LogP contribution in [0.3, 0.4) is 0 Å². The molecule has 0 heterocycles. The van der Waals surface area contributed by atoms with Crippen molar-refractivity contribution in [2.24, 2.45) is 5.41 Å². The van der Waals surface area contributed by atoms with Crippen molar-refractivity contribution < 1.29 is 9.59 Å². The zero-order valence-corrected chi connectivity index (χ0v) is 16.3. The summed E-state index contributed by atoms with van der Waals surface area (Å²) in [7, 11) is 0. The molecule has 0 atom stereocenters. The van der Waals surface area contributed by atoms with E-state index >= 15 is 0 Å². The highest BCUT2D eigenvalue weighted by Gasteiger charge is 2.21. The van der Waals surface area contributed by atoms with E-state index in [-0.39, 0.29) is 18.4 Å². The number of anilines is 3. The molecule has 0 fully saturated rings. The fourth-order valence-corrected chi connectivity index (χ4v) is 2.33. The van der Waals surface area contributed by atoms with E-state index in [2.05, 4.69) is 16.0 Å². The minimum absolute atomic E-state index is 0.0412. The summed E-state index contributed by atoms with van der Waals surface area (Å²) in [5.41, 5.74) is 1.34. The summed E-state index contributed by atoms with van der Waals surface area (Å²) < 4.78 is 0. The average molecular weight is 394 g/mol. The zero-order chi connectivity index (χ0) is 19.3. The lowest BCUT2D eigenvalue weighted by Crippen LogP contribution is -2.27. The van der Waals surface area contributed by atoms with Crippen molar-refractivity contribution in [3.05, 3.63) is 52.5 Å². The third kappa shape index (κ3) is 5.93. The van der Waals surface area contributed by atoms with Crippen LogP contribution in [0.15, 0.2) is 42.5 Å². The maximum Gasteiger partial charge on any atom is 0.243 e. The van der Waals surface area contributed by atoms with Crippen LogP contribution >= 0.6 is 23.2 Å². The first kappa shape index (κ1) is 20.1. The van der Waals surface area contributed by atoms with E-state index in [1.54, 1.807) is 36.4 Å². The van der Waals surface area contributed by atoms with Crippen LogP contribution in [0.2, 0.25) is 10.0 Å². The fraction of sp³-hybridized carbons (Fsp3) is 0.263. The van der Waals surface area contributed by atoms with Gasteiger partial charge in [0.25, 0.3) is 0 Å². The van der Waals surface area contributed by atoms with Crippen LogP contribution < -0.4 is 16.0 Å². The predicted octanol–water partition coefficient (Wildman–Crippen LogP) is 5.03. The van der Waals surface area contributed by atoms with E-state index in [4.69, 9.17) is 23.2 Å². The number of carbonyl (C=O) groups excluding carboxylic acids is 2. The molecule has 0 aromatic heterocycles. The standard InChI is InChI=1S/C19H21Cl2N3O2/c1-19(2,3)18(26)23-14-6-4-5-13(10-14)22-11-17(25)24-16-9-12(20)7-8-15(16)21/h4-10,22H,11H2,1-3H3,(H,23,26)(H,24,25). The minimum Gasteiger partial charge on any atom is -0.376 e. The number of amides is 2. The number of halogens is 2. The van der Waals surface area contributed by atoms with Gasteiger partial charge in [0.1, 0.15) is 0 Å². The van der Waals surface area contributed by atoms with Gasteiger partial charge in [0.15, 0.2) is 0 Å². The van der Waals surface area contributed by atoms with Gasteiger partial charge in [-0.2, -0.15) is 0 Å². The first-order valence-electron chi connectivity index (χ1n) is 8.05. The van der Waals surface area contributed by atoms with Crippen molar-refractivity contribution in [3.63, 3.8) is 0 Å². The second kappa shape index (κ2) is 8.43. The molecule has 0 unspecified atom stereocenters. The minimum atomic E-state index is -0.487. The van der Waals surface area contributed by atoms with Gasteiger partial charge < -0.3 is 16.0 Å². The van der Waals surface area contributed by atoms with Gasteiger partial charge in [-0.25, -0.2) is 0 Å². The molecule has 26 heavy (non-hydrogen) atoms. The van der Waals surface area contributed by atoms with Crippen LogP contribution in [0.4, 0.5) is 17.1 Å². The maximum atomic E-state index is 12.1. The Balaban J connectivity index is 1.95. The maximum absolute atomic E-state index is 12.1. The number of hydrogen-bond acceptors (Lipinski definition) is 3. The van der Waals surface area contributed by atoms with Gasteiger partial charge in [0.05, 0.1) is 17.3 Å². The van der Waals surface area contributed by atoms with Crippen LogP contribution in [-0.2, 0) is 9.59 Å². The average Bonchev–Trinajstić information content (AvgIpc) is 2.56.